The maximum Gasteiger partial charge on any atom is 0.399 e. The molecule has 0 aliphatic carbocycles. The average Bonchev–Trinajstić information content (AvgIpc) is 3.79. The summed E-state index contributed by atoms with van der Waals surface area (Å²) in [6, 6.07) is 23.1. The topological polar surface area (TPSA) is 182 Å². The molecule has 0 spiro atoms. The highest BCUT2D eigenvalue weighted by Crippen LogP contribution is 2.26. The van der Waals surface area contributed by atoms with E-state index in [9.17, 15) is 26.4 Å². The second-order valence-electron chi connectivity index (χ2n) is 10.6. The van der Waals surface area contributed by atoms with Crippen LogP contribution in [0.3, 0.4) is 0 Å². The molecule has 1 aliphatic rings. The lowest BCUT2D eigenvalue weighted by Gasteiger charge is -2.05. The summed E-state index contributed by atoms with van der Waals surface area (Å²) in [7, 11) is -2.14. The summed E-state index contributed by atoms with van der Waals surface area (Å²) < 4.78 is 51.1. The Labute approximate surface area is 335 Å². The maximum absolute atomic E-state index is 12.6. The zero-order chi connectivity index (χ0) is 40.6. The van der Waals surface area contributed by atoms with Crippen molar-refractivity contribution in [1.29, 1.82) is 0 Å². The van der Waals surface area contributed by atoms with Crippen molar-refractivity contribution in [2.45, 2.75) is 48.0 Å². The number of nitrogens with two attached hydrogens (primary N) is 2. The van der Waals surface area contributed by atoms with Crippen molar-refractivity contribution in [2.24, 2.45) is 10.3 Å². The summed E-state index contributed by atoms with van der Waals surface area (Å²) in [6.45, 7) is 6.61. The van der Waals surface area contributed by atoms with Gasteiger partial charge in [-0.25, -0.2) is 27.1 Å². The summed E-state index contributed by atoms with van der Waals surface area (Å²) in [5, 5.41) is 15.4. The molecule has 1 aromatic heterocycles. The van der Waals surface area contributed by atoms with Crippen molar-refractivity contribution >= 4 is 112 Å². The summed E-state index contributed by atoms with van der Waals surface area (Å²) in [5.41, 5.74) is 3.89. The highest BCUT2D eigenvalue weighted by molar-refractivity contribution is 7.89. The number of benzene rings is 4. The number of halogens is 4. The van der Waals surface area contributed by atoms with Crippen LogP contribution in [0, 0.1) is 6.20 Å². The summed E-state index contributed by atoms with van der Waals surface area (Å²) in [4.78, 5) is 25.8. The van der Waals surface area contributed by atoms with E-state index in [4.69, 9.17) is 56.5 Å². The van der Waals surface area contributed by atoms with Crippen LogP contribution in [-0.4, -0.2) is 46.1 Å². The number of ketones is 1. The number of anilines is 1. The minimum atomic E-state index is -3.99. The zero-order valence-electron chi connectivity index (χ0n) is 29.9. The molecule has 0 saturated carbocycles. The van der Waals surface area contributed by atoms with Crippen molar-refractivity contribution < 1.29 is 27.8 Å². The normalized spacial score (nSPS) is 11.2. The molecule has 0 radical (unpaired) electrons. The Morgan fingerprint density at radius 1 is 0.830 bits per heavy atom. The van der Waals surface area contributed by atoms with Crippen LogP contribution in [-0.2, 0) is 20.0 Å². The molecule has 5 aromatic rings. The van der Waals surface area contributed by atoms with Gasteiger partial charge in [-0.1, -0.05) is 79.6 Å². The predicted octanol–water partition coefficient (Wildman–Crippen LogP) is 9.23. The fourth-order valence-corrected chi connectivity index (χ4v) is 7.18. The first-order chi connectivity index (χ1) is 25.4. The first kappa shape index (κ1) is 44.1. The standard InChI is InChI=1S/C15H11ClN2O3S.C8H6N.C7H5Cl2NO3S.C2H6.2C2H5.Al.ClH/c16-12-6-5-9(7-14(12)22(17,20)21)15(19)11-8-18-13-4-2-1-3-10(11)13;1-2-4-8-7(3-1)5-6-9-8;8-5-2-1-4(7(9)11)3-6(5)14(10,12)13;3*1-2;;/h1-8,18H,(H2,17,20,21);1-5,9H;1-3H,(H2,10,12,13);1-2H3;2*1H2,2H3;;1H/q;+1;;;;;+1;/p-1/i;;;1D;;;;. The number of carbonyl (C=O) groups excluding carboxylic acids is 2. The molecule has 0 amide bonds. The smallest absolute Gasteiger partial charge is 0.360 e. The monoisotopic (exact) mass is 854 g/mol. The molecule has 6 N–H and O–H groups in total. The second-order valence-corrected chi connectivity index (χ2v) is 19.5. The lowest BCUT2D eigenvalue weighted by molar-refractivity contribution is 0.103. The van der Waals surface area contributed by atoms with E-state index in [1.165, 1.54) is 46.5 Å². The van der Waals surface area contributed by atoms with Gasteiger partial charge in [0.25, 0.3) is 5.24 Å². The van der Waals surface area contributed by atoms with Gasteiger partial charge in [-0.2, -0.15) is 5.32 Å². The van der Waals surface area contributed by atoms with Gasteiger partial charge < -0.3 is 4.98 Å². The van der Waals surface area contributed by atoms with E-state index < -0.39 is 38.5 Å². The molecular weight excluding hydrogens is 817 g/mol. The summed E-state index contributed by atoms with van der Waals surface area (Å²) >= 11 is 15.9. The van der Waals surface area contributed by atoms with Crippen molar-refractivity contribution in [1.82, 2.24) is 4.98 Å². The third kappa shape index (κ3) is 13.8. The quantitative estimate of drug-likeness (QED) is 0.0545. The first-order valence-corrected chi connectivity index (χ1v) is 23.3. The number of sulfonamides is 2. The number of fused-ring (bicyclic) bond motifs is 2. The molecule has 0 saturated heterocycles. The molecule has 1 aliphatic heterocycles. The highest BCUT2D eigenvalue weighted by Gasteiger charge is 2.19. The van der Waals surface area contributed by atoms with E-state index in [1.807, 2.05) is 48.5 Å². The van der Waals surface area contributed by atoms with Crippen LogP contribution >= 0.6 is 44.9 Å². The molecule has 53 heavy (non-hydrogen) atoms. The van der Waals surface area contributed by atoms with E-state index in [0.29, 0.717) is 12.5 Å². The third-order valence-electron chi connectivity index (χ3n) is 7.08. The molecule has 17 heteroatoms. The van der Waals surface area contributed by atoms with Crippen LogP contribution in [0.4, 0.5) is 5.69 Å². The predicted molar refractivity (Wildman–Crippen MR) is 219 cm³/mol. The van der Waals surface area contributed by atoms with Gasteiger partial charge in [-0.3, -0.25) is 19.6 Å². The number of rotatable bonds is 7. The van der Waals surface area contributed by atoms with Gasteiger partial charge in [0.05, 0.1) is 10.0 Å². The van der Waals surface area contributed by atoms with Gasteiger partial charge in [-0.05, 0) is 66.2 Å². The first-order valence-electron chi connectivity index (χ1n) is 16.4. The lowest BCUT2D eigenvalue weighted by atomic mass is 10.0. The van der Waals surface area contributed by atoms with Gasteiger partial charge in [0.1, 0.15) is 22.1 Å². The zero-order valence-corrected chi connectivity index (χ0v) is 34.7. The van der Waals surface area contributed by atoms with Crippen molar-refractivity contribution in [2.75, 3.05) is 5.32 Å². The van der Waals surface area contributed by atoms with Crippen LogP contribution in [0.5, 0.6) is 0 Å². The van der Waals surface area contributed by atoms with E-state index >= 15 is 0 Å². The number of hydrogen-bond acceptors (Lipinski definition) is 7. The fraction of sp³-hybridized carbons (Fsp3) is 0.167. The Hall–Kier alpha value is -3.28. The van der Waals surface area contributed by atoms with Crippen LogP contribution in [0.1, 0.15) is 60.9 Å². The third-order valence-corrected chi connectivity index (χ3v) is 13.7. The average molecular weight is 857 g/mol. The fourth-order valence-electron chi connectivity index (χ4n) is 4.34. The molecule has 4 aromatic carbocycles. The molecule has 0 bridgehead atoms. The Balaban J connectivity index is 0.000000269. The van der Waals surface area contributed by atoms with Crippen LogP contribution in [0.15, 0.2) is 101 Å². The van der Waals surface area contributed by atoms with Crippen LogP contribution in [0.2, 0.25) is 20.6 Å². The number of primary sulfonamides is 2. The lowest BCUT2D eigenvalue weighted by Crippen LogP contribution is -2.14. The minimum Gasteiger partial charge on any atom is -0.360 e. The SMILES string of the molecule is C[CH2][Al]([Cl])[CH2]C.NS(=O)(=O)c1cc(C(=O)Cl)ccc1Cl.NS(=O)(=O)c1cc(C(=O)c2c[nH]c3ccccc23)ccc1Cl.[2H]CC.[C+]1=Cc2ccccc2N1. The molecule has 10 nitrogen and oxygen atoms in total. The van der Waals surface area contributed by atoms with Gasteiger partial charge in [-0.15, -0.1) is 0 Å². The van der Waals surface area contributed by atoms with E-state index in [2.05, 4.69) is 36.4 Å². The Bertz CT molecular complexity index is 2310. The number of nitrogens with one attached hydrogen (secondary N) is 2. The number of H-pyrrole nitrogens is 1. The Morgan fingerprint density at radius 3 is 1.85 bits per heavy atom. The summed E-state index contributed by atoms with van der Waals surface area (Å²) in [6.07, 6.45) is 6.45. The van der Waals surface area contributed by atoms with Gasteiger partial charge in [0.2, 0.25) is 20.0 Å². The molecular formula is C36H38AlCl4N4O6S2+. The van der Waals surface area contributed by atoms with Crippen molar-refractivity contribution in [3.05, 3.63) is 130 Å². The molecule has 0 fully saturated rings. The number of carbonyl (C=O) groups is 2. The van der Waals surface area contributed by atoms with Gasteiger partial charge in [0.15, 0.2) is 17.0 Å². The van der Waals surface area contributed by atoms with Gasteiger partial charge in [0, 0.05) is 47.3 Å². The number of aromatic nitrogens is 1. The molecule has 2 heterocycles. The second kappa shape index (κ2) is 21.6. The summed E-state index contributed by atoms with van der Waals surface area (Å²) in [5.74, 6) is -0.306. The molecule has 6 rings (SSSR count). The van der Waals surface area contributed by atoms with E-state index in [-0.39, 0.29) is 36.7 Å². The number of aromatic amines is 1. The van der Waals surface area contributed by atoms with Crippen LogP contribution in [0.25, 0.3) is 17.0 Å². The Kier molecular flexibility index (Phi) is 18.0. The van der Waals surface area contributed by atoms with E-state index in [0.717, 1.165) is 22.7 Å². The largest absolute Gasteiger partial charge is 0.399 e. The van der Waals surface area contributed by atoms with Crippen LogP contribution < -0.4 is 15.6 Å². The molecule has 280 valence electrons. The van der Waals surface area contributed by atoms with E-state index in [1.54, 1.807) is 13.1 Å². The van der Waals surface area contributed by atoms with Crippen molar-refractivity contribution in [3.63, 3.8) is 0 Å². The molecule has 0 atom stereocenters. The maximum atomic E-state index is 12.6. The minimum absolute atomic E-state index is 0.0158. The number of hydrogen-bond donors (Lipinski definition) is 4. The van der Waals surface area contributed by atoms with Gasteiger partial charge >= 0.3 is 13.2 Å². The Morgan fingerprint density at radius 2 is 1.34 bits per heavy atom. The molecule has 0 unspecified atom stereocenters. The highest BCUT2D eigenvalue weighted by atomic mass is 35.6. The van der Waals surface area contributed by atoms with Crippen molar-refractivity contribution in [3.8, 4) is 0 Å². The number of para-hydroxylation sites is 2.